The largest absolute Gasteiger partial charge is 0.490 e. The van der Waals surface area contributed by atoms with Crippen LogP contribution in [-0.2, 0) is 13.0 Å². The number of ether oxygens (including phenoxy) is 1. The van der Waals surface area contributed by atoms with Crippen molar-refractivity contribution in [3.63, 3.8) is 0 Å². The van der Waals surface area contributed by atoms with E-state index in [0.717, 1.165) is 61.6 Å². The van der Waals surface area contributed by atoms with Gasteiger partial charge >= 0.3 is 6.03 Å². The molecule has 1 fully saturated rings. The first kappa shape index (κ1) is 18.7. The lowest BCUT2D eigenvalue weighted by molar-refractivity contribution is 0.211. The summed E-state index contributed by atoms with van der Waals surface area (Å²) in [6.07, 6.45) is 1.99. The first-order valence-corrected chi connectivity index (χ1v) is 9.89. The Morgan fingerprint density at radius 1 is 1.14 bits per heavy atom. The average Bonchev–Trinajstić information content (AvgIpc) is 2.89. The van der Waals surface area contributed by atoms with E-state index in [2.05, 4.69) is 10.2 Å². The summed E-state index contributed by atoms with van der Waals surface area (Å²) >= 11 is 0. The summed E-state index contributed by atoms with van der Waals surface area (Å²) in [6, 6.07) is 12.4. The van der Waals surface area contributed by atoms with Gasteiger partial charge in [0.2, 0.25) is 0 Å². The molecule has 0 spiro atoms. The number of rotatable bonds is 3. The number of urea groups is 1. The molecule has 28 heavy (non-hydrogen) atoms. The van der Waals surface area contributed by atoms with Crippen molar-refractivity contribution in [3.05, 3.63) is 59.4 Å². The van der Waals surface area contributed by atoms with Gasteiger partial charge < -0.3 is 15.0 Å². The van der Waals surface area contributed by atoms with Crippen molar-refractivity contribution in [1.29, 1.82) is 0 Å². The van der Waals surface area contributed by atoms with Crippen molar-refractivity contribution in [2.24, 2.45) is 0 Å². The zero-order valence-corrected chi connectivity index (χ0v) is 16.2. The second-order valence-corrected chi connectivity index (χ2v) is 7.63. The third-order valence-electron chi connectivity index (χ3n) is 5.34. The monoisotopic (exact) mass is 383 g/mol. The lowest BCUT2D eigenvalue weighted by Gasteiger charge is -2.22. The Morgan fingerprint density at radius 2 is 1.96 bits per heavy atom. The summed E-state index contributed by atoms with van der Waals surface area (Å²) in [6.45, 7) is 5.97. The highest BCUT2D eigenvalue weighted by atomic mass is 19.1. The van der Waals surface area contributed by atoms with Crippen LogP contribution in [0.3, 0.4) is 0 Å². The van der Waals surface area contributed by atoms with E-state index in [9.17, 15) is 9.18 Å². The molecule has 148 valence electrons. The van der Waals surface area contributed by atoms with Crippen LogP contribution in [0.25, 0.3) is 0 Å². The van der Waals surface area contributed by atoms with E-state index in [1.54, 1.807) is 0 Å². The molecule has 2 amide bonds. The molecule has 2 aliphatic rings. The number of carbonyl (C=O) groups excluding carboxylic acids is 1. The number of fused-ring (bicyclic) bond motifs is 1. The molecule has 0 saturated carbocycles. The Labute approximate surface area is 165 Å². The van der Waals surface area contributed by atoms with Crippen LogP contribution in [0, 0.1) is 5.82 Å². The topological polar surface area (TPSA) is 44.8 Å². The quantitative estimate of drug-likeness (QED) is 0.875. The Morgan fingerprint density at radius 3 is 2.79 bits per heavy atom. The number of anilines is 1. The minimum absolute atomic E-state index is 0.0597. The van der Waals surface area contributed by atoms with Crippen LogP contribution in [0.5, 0.6) is 5.75 Å². The number of carbonyl (C=O) groups is 1. The number of nitrogens with zero attached hydrogens (tertiary/aromatic N) is 2. The van der Waals surface area contributed by atoms with Crippen LogP contribution in [0.15, 0.2) is 42.5 Å². The maximum absolute atomic E-state index is 13.1. The standard InChI is InChI=1S/C22H26FN3O2/c1-16-13-18-14-20(7-8-21(18)28-16)24-22(27)26-10-2-9-25(11-12-26)15-17-3-5-19(23)6-4-17/h3-8,14,16H,2,9-13,15H2,1H3,(H,24,27)/t16-/m0/s1. The molecule has 2 heterocycles. The van der Waals surface area contributed by atoms with Crippen molar-refractivity contribution in [3.8, 4) is 5.75 Å². The van der Waals surface area contributed by atoms with Crippen LogP contribution >= 0.6 is 0 Å². The Balaban J connectivity index is 1.32. The maximum Gasteiger partial charge on any atom is 0.321 e. The Bertz CT molecular complexity index is 840. The molecule has 2 aliphatic heterocycles. The van der Waals surface area contributed by atoms with Crippen molar-refractivity contribution < 1.29 is 13.9 Å². The minimum atomic E-state index is -0.213. The molecule has 1 atom stereocenters. The second kappa shape index (κ2) is 8.19. The molecular weight excluding hydrogens is 357 g/mol. The maximum atomic E-state index is 13.1. The predicted octanol–water partition coefficient (Wildman–Crippen LogP) is 3.89. The van der Waals surface area contributed by atoms with Crippen LogP contribution in [0.4, 0.5) is 14.9 Å². The van der Waals surface area contributed by atoms with Gasteiger partial charge in [-0.3, -0.25) is 4.90 Å². The first-order valence-electron chi connectivity index (χ1n) is 9.89. The van der Waals surface area contributed by atoms with E-state index in [1.165, 1.54) is 12.1 Å². The highest BCUT2D eigenvalue weighted by Crippen LogP contribution is 2.31. The number of halogens is 1. The van der Waals surface area contributed by atoms with Gasteiger partial charge in [-0.1, -0.05) is 12.1 Å². The van der Waals surface area contributed by atoms with Gasteiger partial charge in [0.1, 0.15) is 17.7 Å². The van der Waals surface area contributed by atoms with Gasteiger partial charge in [-0.2, -0.15) is 0 Å². The molecule has 1 saturated heterocycles. The summed E-state index contributed by atoms with van der Waals surface area (Å²) in [7, 11) is 0. The van der Waals surface area contributed by atoms with E-state index >= 15 is 0 Å². The van der Waals surface area contributed by atoms with Gasteiger partial charge in [0.25, 0.3) is 0 Å². The number of hydrogen-bond donors (Lipinski definition) is 1. The molecule has 0 unspecified atom stereocenters. The van der Waals surface area contributed by atoms with Gasteiger partial charge in [-0.05, 0) is 54.8 Å². The van der Waals surface area contributed by atoms with Gasteiger partial charge in [-0.15, -0.1) is 0 Å². The van der Waals surface area contributed by atoms with E-state index in [4.69, 9.17) is 4.74 Å². The third-order valence-corrected chi connectivity index (χ3v) is 5.34. The highest BCUT2D eigenvalue weighted by Gasteiger charge is 2.22. The fourth-order valence-electron chi connectivity index (χ4n) is 3.88. The van der Waals surface area contributed by atoms with E-state index in [1.807, 2.05) is 42.2 Å². The van der Waals surface area contributed by atoms with E-state index in [-0.39, 0.29) is 18.0 Å². The Kier molecular flexibility index (Phi) is 5.48. The molecule has 0 aromatic heterocycles. The molecular formula is C22H26FN3O2. The van der Waals surface area contributed by atoms with Crippen molar-refractivity contribution in [1.82, 2.24) is 9.80 Å². The SMILES string of the molecule is C[C@H]1Cc2cc(NC(=O)N3CCCN(Cc4ccc(F)cc4)CC3)ccc2O1. The smallest absolute Gasteiger partial charge is 0.321 e. The van der Waals surface area contributed by atoms with Gasteiger partial charge in [-0.25, -0.2) is 9.18 Å². The van der Waals surface area contributed by atoms with Crippen LogP contribution < -0.4 is 10.1 Å². The molecule has 6 heteroatoms. The van der Waals surface area contributed by atoms with Gasteiger partial charge in [0.15, 0.2) is 0 Å². The molecule has 0 radical (unpaired) electrons. The lowest BCUT2D eigenvalue weighted by atomic mass is 10.1. The summed E-state index contributed by atoms with van der Waals surface area (Å²) in [5, 5.41) is 3.03. The molecule has 5 nitrogen and oxygen atoms in total. The second-order valence-electron chi connectivity index (χ2n) is 7.63. The number of nitrogens with one attached hydrogen (secondary N) is 1. The highest BCUT2D eigenvalue weighted by molar-refractivity contribution is 5.89. The molecule has 0 aliphatic carbocycles. The summed E-state index contributed by atoms with van der Waals surface area (Å²) in [4.78, 5) is 16.9. The van der Waals surface area contributed by atoms with Crippen molar-refractivity contribution >= 4 is 11.7 Å². The summed E-state index contributed by atoms with van der Waals surface area (Å²) in [5.41, 5.74) is 3.05. The minimum Gasteiger partial charge on any atom is -0.490 e. The van der Waals surface area contributed by atoms with Crippen LogP contribution in [0.2, 0.25) is 0 Å². The fraction of sp³-hybridized carbons (Fsp3) is 0.409. The molecule has 2 aromatic rings. The molecule has 2 aromatic carbocycles. The van der Waals surface area contributed by atoms with E-state index in [0.29, 0.717) is 6.54 Å². The zero-order valence-electron chi connectivity index (χ0n) is 16.2. The normalized spacial score (nSPS) is 19.6. The Hall–Kier alpha value is -2.60. The number of hydrogen-bond acceptors (Lipinski definition) is 3. The van der Waals surface area contributed by atoms with Gasteiger partial charge in [0, 0.05) is 44.8 Å². The predicted molar refractivity (Wildman–Crippen MR) is 107 cm³/mol. The lowest BCUT2D eigenvalue weighted by Crippen LogP contribution is -2.38. The van der Waals surface area contributed by atoms with Crippen molar-refractivity contribution in [2.45, 2.75) is 32.4 Å². The van der Waals surface area contributed by atoms with Crippen molar-refractivity contribution in [2.75, 3.05) is 31.5 Å². The molecule has 0 bridgehead atoms. The molecule has 1 N–H and O–H groups in total. The summed E-state index contributed by atoms with van der Waals surface area (Å²) in [5.74, 6) is 0.701. The zero-order chi connectivity index (χ0) is 19.5. The number of benzene rings is 2. The van der Waals surface area contributed by atoms with E-state index < -0.39 is 0 Å². The summed E-state index contributed by atoms with van der Waals surface area (Å²) < 4.78 is 18.8. The van der Waals surface area contributed by atoms with Crippen LogP contribution in [0.1, 0.15) is 24.5 Å². The average molecular weight is 383 g/mol. The number of amides is 2. The first-order chi connectivity index (χ1) is 13.6. The van der Waals surface area contributed by atoms with Crippen LogP contribution in [-0.4, -0.2) is 48.1 Å². The fourth-order valence-corrected chi connectivity index (χ4v) is 3.88. The third kappa shape index (κ3) is 4.44. The van der Waals surface area contributed by atoms with Gasteiger partial charge in [0.05, 0.1) is 0 Å². The molecule has 4 rings (SSSR count).